The van der Waals surface area contributed by atoms with Crippen LogP contribution in [-0.4, -0.2) is 45.2 Å². The van der Waals surface area contributed by atoms with Gasteiger partial charge in [-0.3, -0.25) is 4.98 Å². The summed E-state index contributed by atoms with van der Waals surface area (Å²) in [6.45, 7) is 7.95. The molecular formula is C27H31N5OS. The highest BCUT2D eigenvalue weighted by molar-refractivity contribution is 7.80. The van der Waals surface area contributed by atoms with Crippen molar-refractivity contribution in [3.8, 4) is 28.3 Å². The van der Waals surface area contributed by atoms with E-state index in [-0.39, 0.29) is 5.41 Å². The fraction of sp³-hybridized carbons (Fsp3) is 0.296. The molecule has 0 amide bonds. The van der Waals surface area contributed by atoms with Gasteiger partial charge < -0.3 is 20.4 Å². The third-order valence-electron chi connectivity index (χ3n) is 6.03. The molecule has 6 nitrogen and oxygen atoms in total. The second kappa shape index (κ2) is 9.81. The average molecular weight is 474 g/mol. The van der Waals surface area contributed by atoms with E-state index < -0.39 is 0 Å². The molecule has 0 bridgehead atoms. The molecule has 34 heavy (non-hydrogen) atoms. The monoisotopic (exact) mass is 473 g/mol. The minimum absolute atomic E-state index is 0.303. The Morgan fingerprint density at radius 3 is 2.44 bits per heavy atom. The Balaban J connectivity index is 1.81. The summed E-state index contributed by atoms with van der Waals surface area (Å²) in [6, 6.07) is 16.5. The Labute approximate surface area is 206 Å². The summed E-state index contributed by atoms with van der Waals surface area (Å²) in [6.07, 6.45) is 4.57. The van der Waals surface area contributed by atoms with Crippen LogP contribution in [0.4, 0.5) is 0 Å². The zero-order valence-corrected chi connectivity index (χ0v) is 20.9. The van der Waals surface area contributed by atoms with Crippen molar-refractivity contribution in [2.75, 3.05) is 20.2 Å². The topological polar surface area (TPSA) is 80.1 Å². The number of rotatable bonds is 8. The van der Waals surface area contributed by atoms with Crippen LogP contribution in [0.3, 0.4) is 0 Å². The molecule has 4 rings (SSSR count). The first-order valence-corrected chi connectivity index (χ1v) is 11.9. The number of fused-ring (bicyclic) bond motifs is 1. The molecule has 2 aromatic carbocycles. The van der Waals surface area contributed by atoms with Gasteiger partial charge in [-0.1, -0.05) is 39.0 Å². The first-order valence-electron chi connectivity index (χ1n) is 11.5. The van der Waals surface area contributed by atoms with E-state index in [0.29, 0.717) is 11.7 Å². The summed E-state index contributed by atoms with van der Waals surface area (Å²) in [5.74, 6) is 1.73. The van der Waals surface area contributed by atoms with Crippen LogP contribution in [0.15, 0.2) is 60.9 Å². The number of ether oxygens (including phenoxy) is 1. The van der Waals surface area contributed by atoms with Gasteiger partial charge in [0.05, 0.1) is 18.5 Å². The SMILES string of the molecule is CCCN(CC(C)(C)c1nc(-c2ccc3cc(OC)ccc3c2)c(-c2ccncc2)[nH]1)C(N)=S. The second-order valence-corrected chi connectivity index (χ2v) is 9.53. The van der Waals surface area contributed by atoms with Crippen LogP contribution in [0.2, 0.25) is 0 Å². The highest BCUT2D eigenvalue weighted by Gasteiger charge is 2.29. The first-order chi connectivity index (χ1) is 16.3. The highest BCUT2D eigenvalue weighted by atomic mass is 32.1. The number of benzene rings is 2. The summed E-state index contributed by atoms with van der Waals surface area (Å²) in [7, 11) is 1.68. The summed E-state index contributed by atoms with van der Waals surface area (Å²) < 4.78 is 5.38. The van der Waals surface area contributed by atoms with Gasteiger partial charge in [0.1, 0.15) is 11.6 Å². The lowest BCUT2D eigenvalue weighted by Crippen LogP contribution is -2.44. The third kappa shape index (κ3) is 4.89. The highest BCUT2D eigenvalue weighted by Crippen LogP contribution is 2.35. The molecule has 0 atom stereocenters. The molecule has 0 spiro atoms. The van der Waals surface area contributed by atoms with Gasteiger partial charge in [-0.2, -0.15) is 0 Å². The maximum absolute atomic E-state index is 6.01. The molecule has 7 heteroatoms. The predicted octanol–water partition coefficient (Wildman–Crippen LogP) is 5.53. The fourth-order valence-electron chi connectivity index (χ4n) is 4.22. The maximum atomic E-state index is 6.01. The van der Waals surface area contributed by atoms with Crippen LogP contribution in [0.5, 0.6) is 5.75 Å². The summed E-state index contributed by atoms with van der Waals surface area (Å²) in [5.41, 5.74) is 9.66. The van der Waals surface area contributed by atoms with E-state index in [1.165, 1.54) is 0 Å². The number of aromatic nitrogens is 3. The lowest BCUT2D eigenvalue weighted by molar-refractivity contribution is 0.320. The number of imidazole rings is 1. The first kappa shape index (κ1) is 23.7. The molecule has 0 unspecified atom stereocenters. The summed E-state index contributed by atoms with van der Waals surface area (Å²) in [4.78, 5) is 15.0. The quantitative estimate of drug-likeness (QED) is 0.327. The number of hydrogen-bond acceptors (Lipinski definition) is 4. The van der Waals surface area contributed by atoms with Crippen molar-refractivity contribution < 1.29 is 4.74 Å². The minimum Gasteiger partial charge on any atom is -0.497 e. The van der Waals surface area contributed by atoms with Crippen LogP contribution in [0.1, 0.15) is 33.0 Å². The number of nitrogens with two attached hydrogens (primary N) is 1. The van der Waals surface area contributed by atoms with Crippen molar-refractivity contribution in [1.82, 2.24) is 19.9 Å². The smallest absolute Gasteiger partial charge is 0.166 e. The number of methoxy groups -OCH3 is 1. The van der Waals surface area contributed by atoms with E-state index in [2.05, 4.69) is 55.0 Å². The van der Waals surface area contributed by atoms with E-state index in [1.54, 1.807) is 19.5 Å². The number of H-pyrrole nitrogens is 1. The predicted molar refractivity (Wildman–Crippen MR) is 143 cm³/mol. The molecule has 0 aliphatic carbocycles. The molecule has 0 fully saturated rings. The molecule has 176 valence electrons. The molecule has 0 saturated heterocycles. The molecule has 3 N–H and O–H groups in total. The van der Waals surface area contributed by atoms with E-state index in [0.717, 1.165) is 57.8 Å². The molecular weight excluding hydrogens is 442 g/mol. The summed E-state index contributed by atoms with van der Waals surface area (Å²) in [5, 5.41) is 2.67. The van der Waals surface area contributed by atoms with Crippen molar-refractivity contribution in [3.63, 3.8) is 0 Å². The van der Waals surface area contributed by atoms with Gasteiger partial charge in [0.15, 0.2) is 5.11 Å². The van der Waals surface area contributed by atoms with Gasteiger partial charge in [-0.05, 0) is 59.7 Å². The van der Waals surface area contributed by atoms with Crippen LogP contribution < -0.4 is 10.5 Å². The lowest BCUT2D eigenvalue weighted by Gasteiger charge is -2.31. The van der Waals surface area contributed by atoms with Gasteiger partial charge in [-0.25, -0.2) is 4.98 Å². The Kier molecular flexibility index (Phi) is 6.84. The third-order valence-corrected chi connectivity index (χ3v) is 6.28. The zero-order chi connectivity index (χ0) is 24.3. The normalized spacial score (nSPS) is 11.5. The van der Waals surface area contributed by atoms with Crippen LogP contribution >= 0.6 is 12.2 Å². The standard InChI is InChI=1S/C27H31N5OS/c1-5-14-32(26(28)34)17-27(2,3)25-30-23(18-10-12-29-13-11-18)24(31-25)21-7-6-20-16-22(33-4)9-8-19(20)15-21/h6-13,15-16H,5,14,17H2,1-4H3,(H2,28,34)(H,30,31). The van der Waals surface area contributed by atoms with Crippen molar-refractivity contribution >= 4 is 28.1 Å². The molecule has 0 aliphatic heterocycles. The summed E-state index contributed by atoms with van der Waals surface area (Å²) >= 11 is 5.30. The Morgan fingerprint density at radius 1 is 1.06 bits per heavy atom. The van der Waals surface area contributed by atoms with Crippen LogP contribution in [0, 0.1) is 0 Å². The number of hydrogen-bond donors (Lipinski definition) is 2. The lowest BCUT2D eigenvalue weighted by atomic mass is 9.91. The van der Waals surface area contributed by atoms with Gasteiger partial charge >= 0.3 is 0 Å². The minimum atomic E-state index is -0.303. The Hall–Kier alpha value is -3.45. The Morgan fingerprint density at radius 2 is 1.76 bits per heavy atom. The van der Waals surface area contributed by atoms with Gasteiger partial charge in [0.25, 0.3) is 0 Å². The largest absolute Gasteiger partial charge is 0.497 e. The van der Waals surface area contributed by atoms with Crippen molar-refractivity contribution in [2.45, 2.75) is 32.6 Å². The van der Waals surface area contributed by atoms with Gasteiger partial charge in [0, 0.05) is 42.0 Å². The number of nitrogens with one attached hydrogen (secondary N) is 1. The molecule has 2 aromatic heterocycles. The number of thiocarbonyl (C=S) groups is 1. The van der Waals surface area contributed by atoms with E-state index in [9.17, 15) is 0 Å². The van der Waals surface area contributed by atoms with Crippen molar-refractivity contribution in [2.24, 2.45) is 5.73 Å². The average Bonchev–Trinajstić information content (AvgIpc) is 3.30. The van der Waals surface area contributed by atoms with E-state index in [1.807, 2.05) is 29.2 Å². The van der Waals surface area contributed by atoms with Gasteiger partial charge in [-0.15, -0.1) is 0 Å². The fourth-order valence-corrected chi connectivity index (χ4v) is 4.37. The van der Waals surface area contributed by atoms with E-state index in [4.69, 9.17) is 27.7 Å². The zero-order valence-electron chi connectivity index (χ0n) is 20.1. The molecule has 0 radical (unpaired) electrons. The van der Waals surface area contributed by atoms with Crippen LogP contribution in [-0.2, 0) is 5.41 Å². The molecule has 0 aliphatic rings. The molecule has 4 aromatic rings. The molecule has 0 saturated carbocycles. The van der Waals surface area contributed by atoms with Crippen LogP contribution in [0.25, 0.3) is 33.3 Å². The maximum Gasteiger partial charge on any atom is 0.166 e. The number of aromatic amines is 1. The van der Waals surface area contributed by atoms with Gasteiger partial charge in [0.2, 0.25) is 0 Å². The Bertz CT molecular complexity index is 1300. The number of pyridine rings is 1. The van der Waals surface area contributed by atoms with E-state index >= 15 is 0 Å². The number of nitrogens with zero attached hydrogens (tertiary/aromatic N) is 3. The van der Waals surface area contributed by atoms with Crippen molar-refractivity contribution in [1.29, 1.82) is 0 Å². The molecule has 2 heterocycles. The second-order valence-electron chi connectivity index (χ2n) is 9.12. The van der Waals surface area contributed by atoms with Crippen molar-refractivity contribution in [3.05, 3.63) is 66.7 Å².